The number of aromatic nitrogens is 2. The molecule has 3 heteroatoms. The minimum Gasteiger partial charge on any atom is -0.316 e. The minimum absolute atomic E-state index is 0.913. The third kappa shape index (κ3) is 2.51. The molecule has 0 aliphatic rings. The zero-order valence-corrected chi connectivity index (χ0v) is 7.83. The fraction of sp³-hybridized carbons (Fsp3) is 0.444. The van der Waals surface area contributed by atoms with Gasteiger partial charge >= 0.3 is 0 Å². The van der Waals surface area contributed by atoms with Gasteiger partial charge in [0.1, 0.15) is 0 Å². The van der Waals surface area contributed by atoms with E-state index in [0.717, 1.165) is 12.2 Å². The number of aryl methyl sites for hydroxylation is 1. The summed E-state index contributed by atoms with van der Waals surface area (Å²) in [5.74, 6) is 0. The lowest BCUT2D eigenvalue weighted by Crippen LogP contribution is -2.08. The quantitative estimate of drug-likeness (QED) is 0.725. The zero-order chi connectivity index (χ0) is 8.97. The molecule has 0 saturated carbocycles. The van der Waals surface area contributed by atoms with E-state index in [4.69, 9.17) is 0 Å². The van der Waals surface area contributed by atoms with Crippen LogP contribution in [0.2, 0.25) is 0 Å². The highest BCUT2D eigenvalue weighted by Crippen LogP contribution is 2.01. The van der Waals surface area contributed by atoms with Gasteiger partial charge < -0.3 is 5.32 Å². The number of likely N-dealkylation sites (N-methyl/N-ethyl adjacent to an activating group) is 1. The van der Waals surface area contributed by atoms with Crippen molar-refractivity contribution >= 4 is 6.08 Å². The molecule has 0 aliphatic heterocycles. The topological polar surface area (TPSA) is 29.9 Å². The highest BCUT2D eigenvalue weighted by molar-refractivity contribution is 5.47. The third-order valence-corrected chi connectivity index (χ3v) is 1.58. The largest absolute Gasteiger partial charge is 0.316 e. The number of hydrogen-bond acceptors (Lipinski definition) is 2. The van der Waals surface area contributed by atoms with Crippen molar-refractivity contribution < 1.29 is 0 Å². The highest BCUT2D eigenvalue weighted by Gasteiger charge is 1.92. The van der Waals surface area contributed by atoms with Gasteiger partial charge in [-0.15, -0.1) is 0 Å². The second-order valence-electron chi connectivity index (χ2n) is 2.94. The Hall–Kier alpha value is -1.09. The summed E-state index contributed by atoms with van der Waals surface area (Å²) in [7, 11) is 3.86. The molecule has 0 bridgehead atoms. The predicted molar refractivity (Wildman–Crippen MR) is 50.8 cm³/mol. The van der Waals surface area contributed by atoms with E-state index in [1.807, 2.05) is 26.4 Å². The Balaban J connectivity index is 2.67. The van der Waals surface area contributed by atoms with Crippen LogP contribution in [-0.4, -0.2) is 23.4 Å². The SMILES string of the molecule is CNC/C(C)=C/c1ccn(C)n1. The summed E-state index contributed by atoms with van der Waals surface area (Å²) < 4.78 is 1.80. The molecule has 12 heavy (non-hydrogen) atoms. The molecule has 1 heterocycles. The molecule has 0 fully saturated rings. The molecule has 0 radical (unpaired) electrons. The van der Waals surface area contributed by atoms with Gasteiger partial charge in [-0.1, -0.05) is 5.57 Å². The van der Waals surface area contributed by atoms with Crippen LogP contribution < -0.4 is 5.32 Å². The van der Waals surface area contributed by atoms with Crippen molar-refractivity contribution in [2.24, 2.45) is 7.05 Å². The molecule has 1 aromatic heterocycles. The minimum atomic E-state index is 0.913. The van der Waals surface area contributed by atoms with Gasteiger partial charge in [0.05, 0.1) is 5.69 Å². The Labute approximate surface area is 73.1 Å². The molecule has 1 rings (SSSR count). The van der Waals surface area contributed by atoms with Crippen LogP contribution in [-0.2, 0) is 7.05 Å². The van der Waals surface area contributed by atoms with Crippen LogP contribution in [0.4, 0.5) is 0 Å². The second kappa shape index (κ2) is 4.07. The zero-order valence-electron chi connectivity index (χ0n) is 7.83. The molecule has 0 atom stereocenters. The summed E-state index contributed by atoms with van der Waals surface area (Å²) in [6.07, 6.45) is 4.02. The van der Waals surface area contributed by atoms with Crippen LogP contribution in [0.25, 0.3) is 6.08 Å². The van der Waals surface area contributed by atoms with Crippen molar-refractivity contribution in [2.45, 2.75) is 6.92 Å². The second-order valence-corrected chi connectivity index (χ2v) is 2.94. The fourth-order valence-electron chi connectivity index (χ4n) is 1.09. The molecular weight excluding hydrogens is 150 g/mol. The maximum atomic E-state index is 4.25. The lowest BCUT2D eigenvalue weighted by atomic mass is 10.2. The van der Waals surface area contributed by atoms with E-state index >= 15 is 0 Å². The smallest absolute Gasteiger partial charge is 0.0850 e. The van der Waals surface area contributed by atoms with Crippen LogP contribution in [0.15, 0.2) is 17.8 Å². The van der Waals surface area contributed by atoms with Crippen molar-refractivity contribution in [2.75, 3.05) is 13.6 Å². The first-order valence-electron chi connectivity index (χ1n) is 4.04. The molecule has 0 saturated heterocycles. The van der Waals surface area contributed by atoms with Gasteiger partial charge in [0.2, 0.25) is 0 Å². The molecule has 66 valence electrons. The molecule has 0 amide bonds. The summed E-state index contributed by atoms with van der Waals surface area (Å²) in [5, 5.41) is 7.34. The Morgan fingerprint density at radius 2 is 2.50 bits per heavy atom. The van der Waals surface area contributed by atoms with Crippen molar-refractivity contribution in [3.8, 4) is 0 Å². The van der Waals surface area contributed by atoms with Gasteiger partial charge in [-0.2, -0.15) is 5.10 Å². The number of rotatable bonds is 3. The van der Waals surface area contributed by atoms with Gasteiger partial charge in [-0.25, -0.2) is 0 Å². The summed E-state index contributed by atoms with van der Waals surface area (Å²) in [5.41, 5.74) is 2.31. The molecule has 1 aromatic rings. The van der Waals surface area contributed by atoms with Crippen molar-refractivity contribution in [3.05, 3.63) is 23.5 Å². The van der Waals surface area contributed by atoms with Crippen molar-refractivity contribution in [1.82, 2.24) is 15.1 Å². The molecule has 0 spiro atoms. The van der Waals surface area contributed by atoms with E-state index in [9.17, 15) is 0 Å². The Bertz CT molecular complexity index is 273. The molecule has 1 N–H and O–H groups in total. The first-order valence-corrected chi connectivity index (χ1v) is 4.04. The first-order chi connectivity index (χ1) is 5.72. The Morgan fingerprint density at radius 1 is 1.75 bits per heavy atom. The van der Waals surface area contributed by atoms with E-state index in [-0.39, 0.29) is 0 Å². The first kappa shape index (κ1) is 9.00. The van der Waals surface area contributed by atoms with E-state index in [1.165, 1.54) is 5.57 Å². The normalized spacial score (nSPS) is 12.1. The van der Waals surface area contributed by atoms with E-state index in [2.05, 4.69) is 23.4 Å². The van der Waals surface area contributed by atoms with Crippen molar-refractivity contribution in [3.63, 3.8) is 0 Å². The standard InChI is InChI=1S/C9H15N3/c1-8(7-10-2)6-9-4-5-12(3)11-9/h4-6,10H,7H2,1-3H3/b8-6+. The predicted octanol–water partition coefficient (Wildman–Crippen LogP) is 1.04. The summed E-state index contributed by atoms with van der Waals surface area (Å²) in [4.78, 5) is 0. The Morgan fingerprint density at radius 3 is 3.00 bits per heavy atom. The maximum Gasteiger partial charge on any atom is 0.0850 e. The van der Waals surface area contributed by atoms with Gasteiger partial charge in [0.25, 0.3) is 0 Å². The molecule has 0 unspecified atom stereocenters. The Kier molecular flexibility index (Phi) is 3.05. The molecular formula is C9H15N3. The highest BCUT2D eigenvalue weighted by atomic mass is 15.2. The molecule has 3 nitrogen and oxygen atoms in total. The third-order valence-electron chi connectivity index (χ3n) is 1.58. The van der Waals surface area contributed by atoms with Gasteiger partial charge in [0.15, 0.2) is 0 Å². The van der Waals surface area contributed by atoms with Crippen molar-refractivity contribution in [1.29, 1.82) is 0 Å². The average Bonchev–Trinajstić information content (AvgIpc) is 2.36. The fourth-order valence-corrected chi connectivity index (χ4v) is 1.09. The maximum absolute atomic E-state index is 4.25. The van der Waals surface area contributed by atoms with E-state index in [1.54, 1.807) is 4.68 Å². The van der Waals surface area contributed by atoms with Crippen LogP contribution in [0.5, 0.6) is 0 Å². The van der Waals surface area contributed by atoms with Gasteiger partial charge in [-0.05, 0) is 26.1 Å². The van der Waals surface area contributed by atoms with Crippen LogP contribution in [0.1, 0.15) is 12.6 Å². The van der Waals surface area contributed by atoms with E-state index < -0.39 is 0 Å². The monoisotopic (exact) mass is 165 g/mol. The average molecular weight is 165 g/mol. The number of nitrogens with one attached hydrogen (secondary N) is 1. The van der Waals surface area contributed by atoms with E-state index in [0.29, 0.717) is 0 Å². The lowest BCUT2D eigenvalue weighted by Gasteiger charge is -1.96. The van der Waals surface area contributed by atoms with Gasteiger partial charge in [0, 0.05) is 19.8 Å². The molecule has 0 aliphatic carbocycles. The van der Waals surface area contributed by atoms with Crippen LogP contribution in [0, 0.1) is 0 Å². The summed E-state index contributed by atoms with van der Waals surface area (Å²) in [6.45, 7) is 3.00. The van der Waals surface area contributed by atoms with Gasteiger partial charge in [-0.3, -0.25) is 4.68 Å². The summed E-state index contributed by atoms with van der Waals surface area (Å²) >= 11 is 0. The number of nitrogens with zero attached hydrogens (tertiary/aromatic N) is 2. The number of hydrogen-bond donors (Lipinski definition) is 1. The van der Waals surface area contributed by atoms with Crippen LogP contribution >= 0.6 is 0 Å². The molecule has 0 aromatic carbocycles. The van der Waals surface area contributed by atoms with Crippen LogP contribution in [0.3, 0.4) is 0 Å². The lowest BCUT2D eigenvalue weighted by molar-refractivity contribution is 0.764. The summed E-state index contributed by atoms with van der Waals surface area (Å²) in [6, 6.07) is 2.00.